The van der Waals surface area contributed by atoms with Gasteiger partial charge in [-0.15, -0.1) is 0 Å². The predicted molar refractivity (Wildman–Crippen MR) is 80.8 cm³/mol. The Balaban J connectivity index is 2.36. The third-order valence-corrected chi connectivity index (χ3v) is 4.77. The summed E-state index contributed by atoms with van der Waals surface area (Å²) in [6, 6.07) is 0.631. The Morgan fingerprint density at radius 3 is 2.28 bits per heavy atom. The van der Waals surface area contributed by atoms with Crippen molar-refractivity contribution in [2.75, 3.05) is 19.6 Å². The molecule has 1 rings (SSSR count). The second-order valence-electron chi connectivity index (χ2n) is 7.41. The van der Waals surface area contributed by atoms with Gasteiger partial charge in [0.05, 0.1) is 0 Å². The Bertz CT molecular complexity index is 225. The van der Waals surface area contributed by atoms with Crippen LogP contribution in [0.4, 0.5) is 0 Å². The van der Waals surface area contributed by atoms with Crippen molar-refractivity contribution in [2.24, 2.45) is 23.2 Å². The Morgan fingerprint density at radius 2 is 1.78 bits per heavy atom. The molecule has 1 aliphatic rings. The van der Waals surface area contributed by atoms with Gasteiger partial charge in [-0.25, -0.2) is 0 Å². The zero-order chi connectivity index (χ0) is 13.8. The van der Waals surface area contributed by atoms with Gasteiger partial charge in [0.15, 0.2) is 0 Å². The molecule has 0 bridgehead atoms. The van der Waals surface area contributed by atoms with E-state index < -0.39 is 0 Å². The van der Waals surface area contributed by atoms with E-state index in [4.69, 9.17) is 0 Å². The molecule has 1 fully saturated rings. The van der Waals surface area contributed by atoms with Crippen LogP contribution in [0.1, 0.15) is 54.4 Å². The summed E-state index contributed by atoms with van der Waals surface area (Å²) in [6.45, 7) is 17.6. The molecule has 108 valence electrons. The Labute approximate surface area is 114 Å². The lowest BCUT2D eigenvalue weighted by molar-refractivity contribution is 0.170. The van der Waals surface area contributed by atoms with Crippen LogP contribution in [0.25, 0.3) is 0 Å². The van der Waals surface area contributed by atoms with Crippen LogP contribution >= 0.6 is 0 Å². The molecule has 0 aromatic heterocycles. The molecule has 0 saturated carbocycles. The van der Waals surface area contributed by atoms with Crippen molar-refractivity contribution in [2.45, 2.75) is 60.4 Å². The van der Waals surface area contributed by atoms with E-state index >= 15 is 0 Å². The molecule has 18 heavy (non-hydrogen) atoms. The molecule has 2 nitrogen and oxygen atoms in total. The number of hydrogen-bond donors (Lipinski definition) is 2. The van der Waals surface area contributed by atoms with E-state index in [1.165, 1.54) is 19.4 Å². The maximum atomic E-state index is 3.71. The van der Waals surface area contributed by atoms with Crippen LogP contribution in [-0.2, 0) is 0 Å². The Morgan fingerprint density at radius 1 is 1.17 bits per heavy atom. The maximum Gasteiger partial charge on any atom is 0.0243 e. The van der Waals surface area contributed by atoms with Gasteiger partial charge >= 0.3 is 0 Å². The maximum absolute atomic E-state index is 3.71. The Kier molecular flexibility index (Phi) is 6.13. The molecule has 0 aromatic carbocycles. The molecule has 0 aliphatic carbocycles. The summed E-state index contributed by atoms with van der Waals surface area (Å²) < 4.78 is 0. The van der Waals surface area contributed by atoms with Gasteiger partial charge in [0.1, 0.15) is 0 Å². The zero-order valence-electron chi connectivity index (χ0n) is 13.3. The highest BCUT2D eigenvalue weighted by Crippen LogP contribution is 2.29. The highest BCUT2D eigenvalue weighted by Gasteiger charge is 2.31. The predicted octanol–water partition coefficient (Wildman–Crippen LogP) is 3.28. The summed E-state index contributed by atoms with van der Waals surface area (Å²) in [6.07, 6.45) is 2.67. The third-order valence-electron chi connectivity index (χ3n) is 4.77. The Hall–Kier alpha value is -0.0800. The number of rotatable bonds is 6. The summed E-state index contributed by atoms with van der Waals surface area (Å²) in [5, 5.41) is 7.39. The fourth-order valence-electron chi connectivity index (χ4n) is 3.25. The lowest BCUT2D eigenvalue weighted by Crippen LogP contribution is -2.52. The fourth-order valence-corrected chi connectivity index (χ4v) is 3.25. The van der Waals surface area contributed by atoms with Crippen LogP contribution in [0.2, 0.25) is 0 Å². The van der Waals surface area contributed by atoms with E-state index in [1.54, 1.807) is 0 Å². The first-order valence-electron chi connectivity index (χ1n) is 7.78. The van der Waals surface area contributed by atoms with Crippen LogP contribution in [0.5, 0.6) is 0 Å². The summed E-state index contributed by atoms with van der Waals surface area (Å²) >= 11 is 0. The van der Waals surface area contributed by atoms with E-state index in [2.05, 4.69) is 52.2 Å². The van der Waals surface area contributed by atoms with Gasteiger partial charge in [-0.3, -0.25) is 0 Å². The van der Waals surface area contributed by atoms with Crippen molar-refractivity contribution in [1.29, 1.82) is 0 Å². The van der Waals surface area contributed by atoms with Crippen molar-refractivity contribution in [3.8, 4) is 0 Å². The average molecular weight is 254 g/mol. The van der Waals surface area contributed by atoms with E-state index in [9.17, 15) is 0 Å². The van der Waals surface area contributed by atoms with Crippen LogP contribution < -0.4 is 10.6 Å². The molecule has 1 atom stereocenters. The number of nitrogens with one attached hydrogen (secondary N) is 2. The fraction of sp³-hybridized carbons (Fsp3) is 1.00. The zero-order valence-corrected chi connectivity index (χ0v) is 13.3. The summed E-state index contributed by atoms with van der Waals surface area (Å²) in [5.74, 6) is 2.33. The molecule has 0 spiro atoms. The molecular formula is C16H34N2. The van der Waals surface area contributed by atoms with Gasteiger partial charge in [0.2, 0.25) is 0 Å². The van der Waals surface area contributed by atoms with Crippen molar-refractivity contribution in [3.63, 3.8) is 0 Å². The van der Waals surface area contributed by atoms with Crippen LogP contribution in [0.3, 0.4) is 0 Å². The number of hydrogen-bond acceptors (Lipinski definition) is 2. The van der Waals surface area contributed by atoms with Crippen LogP contribution in [0.15, 0.2) is 0 Å². The second-order valence-corrected chi connectivity index (χ2v) is 7.41. The largest absolute Gasteiger partial charge is 0.315 e. The highest BCUT2D eigenvalue weighted by atomic mass is 15.0. The molecule has 0 aromatic rings. The average Bonchev–Trinajstić information content (AvgIpc) is 2.24. The molecule has 2 heteroatoms. The van der Waals surface area contributed by atoms with Gasteiger partial charge in [0.25, 0.3) is 0 Å². The minimum absolute atomic E-state index is 0.441. The smallest absolute Gasteiger partial charge is 0.0243 e. The molecule has 0 amide bonds. The summed E-state index contributed by atoms with van der Waals surface area (Å²) in [4.78, 5) is 0. The summed E-state index contributed by atoms with van der Waals surface area (Å²) in [7, 11) is 0. The topological polar surface area (TPSA) is 24.1 Å². The van der Waals surface area contributed by atoms with Gasteiger partial charge in [-0.2, -0.15) is 0 Å². The van der Waals surface area contributed by atoms with Crippen molar-refractivity contribution in [1.82, 2.24) is 10.6 Å². The molecular weight excluding hydrogens is 220 g/mol. The van der Waals surface area contributed by atoms with Gasteiger partial charge in [-0.05, 0) is 49.1 Å². The third kappa shape index (κ3) is 4.55. The van der Waals surface area contributed by atoms with E-state index in [1.807, 2.05) is 0 Å². The lowest BCUT2D eigenvalue weighted by atomic mass is 9.77. The molecule has 2 N–H and O–H groups in total. The van der Waals surface area contributed by atoms with E-state index in [-0.39, 0.29) is 0 Å². The standard InChI is InChI=1S/C16H34N2/c1-12(2)14(13(3)4)10-17-11-15-16(5,6)8-7-9-18-15/h12-15,17-18H,7-11H2,1-6H3. The highest BCUT2D eigenvalue weighted by molar-refractivity contribution is 4.89. The minimum Gasteiger partial charge on any atom is -0.315 e. The first-order valence-corrected chi connectivity index (χ1v) is 7.78. The first-order chi connectivity index (χ1) is 8.34. The molecule has 1 unspecified atom stereocenters. The number of piperidine rings is 1. The second kappa shape index (κ2) is 6.91. The molecule has 1 saturated heterocycles. The van der Waals surface area contributed by atoms with Gasteiger partial charge in [-0.1, -0.05) is 41.5 Å². The monoisotopic (exact) mass is 254 g/mol. The van der Waals surface area contributed by atoms with E-state index in [0.29, 0.717) is 11.5 Å². The van der Waals surface area contributed by atoms with Gasteiger partial charge < -0.3 is 10.6 Å². The SMILES string of the molecule is CC(C)C(CNCC1NCCCC1(C)C)C(C)C. The lowest BCUT2D eigenvalue weighted by Gasteiger charge is -2.40. The van der Waals surface area contributed by atoms with Crippen LogP contribution in [0, 0.1) is 23.2 Å². The van der Waals surface area contributed by atoms with Crippen molar-refractivity contribution in [3.05, 3.63) is 0 Å². The van der Waals surface area contributed by atoms with Crippen molar-refractivity contribution >= 4 is 0 Å². The quantitative estimate of drug-likeness (QED) is 0.760. The molecule has 1 aliphatic heterocycles. The normalized spacial score (nSPS) is 24.2. The minimum atomic E-state index is 0.441. The summed E-state index contributed by atoms with van der Waals surface area (Å²) in [5.41, 5.74) is 0.441. The molecule has 0 radical (unpaired) electrons. The van der Waals surface area contributed by atoms with E-state index in [0.717, 1.165) is 30.8 Å². The van der Waals surface area contributed by atoms with Gasteiger partial charge in [0, 0.05) is 12.6 Å². The van der Waals surface area contributed by atoms with Crippen molar-refractivity contribution < 1.29 is 0 Å². The van der Waals surface area contributed by atoms with Crippen LogP contribution in [-0.4, -0.2) is 25.7 Å². The molecule has 1 heterocycles. The first kappa shape index (κ1) is 16.0.